The largest absolute Gasteiger partial charge is 0.373 e. The molecule has 0 saturated heterocycles. The number of hydrogen-bond acceptors (Lipinski definition) is 4. The van der Waals surface area contributed by atoms with Gasteiger partial charge in [0.05, 0.1) is 12.0 Å². The molecular weight excluding hydrogens is 146 g/mol. The standard InChI is InChI=1S/C5H9N3.CO2/c1-4(6)5-2-7-3-8-5;2-1-3/h2-4H,6H2,1H3,(H,7,8);. The van der Waals surface area contributed by atoms with Crippen LogP contribution in [0.15, 0.2) is 12.5 Å². The number of H-pyrrole nitrogens is 1. The number of nitrogens with zero attached hydrogens (tertiary/aromatic N) is 1. The Morgan fingerprint density at radius 2 is 2.27 bits per heavy atom. The van der Waals surface area contributed by atoms with Crippen LogP contribution in [0.2, 0.25) is 0 Å². The van der Waals surface area contributed by atoms with Crippen LogP contribution in [0.25, 0.3) is 0 Å². The van der Waals surface area contributed by atoms with Gasteiger partial charge in [-0.15, -0.1) is 0 Å². The van der Waals surface area contributed by atoms with Crippen LogP contribution in [0.3, 0.4) is 0 Å². The molecule has 0 aliphatic rings. The first-order valence-electron chi connectivity index (χ1n) is 2.95. The van der Waals surface area contributed by atoms with Crippen LogP contribution in [-0.4, -0.2) is 16.1 Å². The molecule has 0 amide bonds. The van der Waals surface area contributed by atoms with E-state index in [-0.39, 0.29) is 12.2 Å². The molecule has 0 radical (unpaired) electrons. The number of rotatable bonds is 1. The number of carbonyl (C=O) groups excluding carboxylic acids is 2. The molecule has 11 heavy (non-hydrogen) atoms. The van der Waals surface area contributed by atoms with Crippen molar-refractivity contribution < 1.29 is 9.59 Å². The molecular formula is C6H9N3O2. The van der Waals surface area contributed by atoms with Gasteiger partial charge in [0.2, 0.25) is 0 Å². The zero-order valence-electron chi connectivity index (χ0n) is 6.07. The molecule has 60 valence electrons. The summed E-state index contributed by atoms with van der Waals surface area (Å²) in [5.41, 5.74) is 6.46. The summed E-state index contributed by atoms with van der Waals surface area (Å²) >= 11 is 0. The lowest BCUT2D eigenvalue weighted by molar-refractivity contribution is -0.191. The van der Waals surface area contributed by atoms with E-state index in [4.69, 9.17) is 15.3 Å². The summed E-state index contributed by atoms with van der Waals surface area (Å²) in [5, 5.41) is 0. The van der Waals surface area contributed by atoms with Crippen molar-refractivity contribution in [2.24, 2.45) is 5.73 Å². The van der Waals surface area contributed by atoms with Crippen LogP contribution in [0, 0.1) is 0 Å². The lowest BCUT2D eigenvalue weighted by Gasteiger charge is -1.96. The van der Waals surface area contributed by atoms with Crippen molar-refractivity contribution in [2.45, 2.75) is 13.0 Å². The van der Waals surface area contributed by atoms with Crippen molar-refractivity contribution in [2.75, 3.05) is 0 Å². The summed E-state index contributed by atoms with van der Waals surface area (Å²) in [6.45, 7) is 1.91. The summed E-state index contributed by atoms with van der Waals surface area (Å²) < 4.78 is 0. The summed E-state index contributed by atoms with van der Waals surface area (Å²) in [6, 6.07) is 0.0671. The van der Waals surface area contributed by atoms with Crippen LogP contribution in [0.4, 0.5) is 0 Å². The van der Waals surface area contributed by atoms with E-state index in [1.54, 1.807) is 12.5 Å². The molecule has 1 aromatic heterocycles. The third-order valence-electron chi connectivity index (χ3n) is 1.01. The average molecular weight is 155 g/mol. The SMILES string of the molecule is CC(N)c1cnc[nH]1.O=C=O. The molecule has 0 spiro atoms. The van der Waals surface area contributed by atoms with Gasteiger partial charge >= 0.3 is 6.15 Å². The maximum absolute atomic E-state index is 8.12. The Balaban J connectivity index is 0.000000292. The van der Waals surface area contributed by atoms with E-state index in [2.05, 4.69) is 9.97 Å². The minimum Gasteiger partial charge on any atom is -0.347 e. The zero-order chi connectivity index (χ0) is 8.69. The minimum atomic E-state index is 0.0671. The topological polar surface area (TPSA) is 88.8 Å². The highest BCUT2D eigenvalue weighted by Gasteiger charge is 1.96. The molecule has 0 saturated carbocycles. The Labute approximate surface area is 63.6 Å². The monoisotopic (exact) mass is 155 g/mol. The van der Waals surface area contributed by atoms with Crippen molar-refractivity contribution in [1.29, 1.82) is 0 Å². The number of nitrogens with two attached hydrogens (primary N) is 1. The Morgan fingerprint density at radius 3 is 2.45 bits per heavy atom. The second-order valence-electron chi connectivity index (χ2n) is 1.88. The van der Waals surface area contributed by atoms with E-state index in [9.17, 15) is 0 Å². The highest BCUT2D eigenvalue weighted by atomic mass is 16.2. The molecule has 1 heterocycles. The van der Waals surface area contributed by atoms with Gasteiger partial charge in [0.25, 0.3) is 0 Å². The Kier molecular flexibility index (Phi) is 4.64. The second kappa shape index (κ2) is 5.34. The van der Waals surface area contributed by atoms with Crippen LogP contribution in [-0.2, 0) is 9.59 Å². The van der Waals surface area contributed by atoms with Gasteiger partial charge in [-0.3, -0.25) is 0 Å². The van der Waals surface area contributed by atoms with Crippen LogP contribution in [0.5, 0.6) is 0 Å². The molecule has 1 aromatic rings. The van der Waals surface area contributed by atoms with E-state index in [1.165, 1.54) is 0 Å². The fourth-order valence-corrected chi connectivity index (χ4v) is 0.516. The van der Waals surface area contributed by atoms with Gasteiger partial charge in [-0.1, -0.05) is 0 Å². The fraction of sp³-hybridized carbons (Fsp3) is 0.333. The maximum atomic E-state index is 8.12. The number of aromatic amines is 1. The minimum absolute atomic E-state index is 0.0671. The lowest BCUT2D eigenvalue weighted by Crippen LogP contribution is -2.04. The van der Waals surface area contributed by atoms with Crippen molar-refractivity contribution in [3.05, 3.63) is 18.2 Å². The molecule has 1 unspecified atom stereocenters. The first-order valence-corrected chi connectivity index (χ1v) is 2.95. The molecule has 0 aliphatic heterocycles. The molecule has 0 fully saturated rings. The quantitative estimate of drug-likeness (QED) is 0.590. The zero-order valence-corrected chi connectivity index (χ0v) is 6.07. The van der Waals surface area contributed by atoms with Crippen molar-refractivity contribution in [3.63, 3.8) is 0 Å². The average Bonchev–Trinajstić information content (AvgIpc) is 2.38. The van der Waals surface area contributed by atoms with Crippen molar-refractivity contribution >= 4 is 6.15 Å². The van der Waals surface area contributed by atoms with Crippen molar-refractivity contribution in [1.82, 2.24) is 9.97 Å². The van der Waals surface area contributed by atoms with E-state index >= 15 is 0 Å². The Morgan fingerprint density at radius 1 is 1.73 bits per heavy atom. The first kappa shape index (κ1) is 9.55. The molecule has 5 nitrogen and oxygen atoms in total. The molecule has 0 bridgehead atoms. The van der Waals surface area contributed by atoms with Gasteiger partial charge in [-0.2, -0.15) is 9.59 Å². The Bertz CT molecular complexity index is 212. The van der Waals surface area contributed by atoms with Crippen LogP contribution < -0.4 is 5.73 Å². The van der Waals surface area contributed by atoms with Gasteiger partial charge in [0.15, 0.2) is 0 Å². The van der Waals surface area contributed by atoms with Gasteiger partial charge in [0, 0.05) is 12.2 Å². The van der Waals surface area contributed by atoms with Crippen LogP contribution >= 0.6 is 0 Å². The number of aromatic nitrogens is 2. The van der Waals surface area contributed by atoms with E-state index < -0.39 is 0 Å². The predicted molar refractivity (Wildman–Crippen MR) is 36.2 cm³/mol. The number of imidazole rings is 1. The summed E-state index contributed by atoms with van der Waals surface area (Å²) in [7, 11) is 0. The van der Waals surface area contributed by atoms with E-state index in [0.717, 1.165) is 5.69 Å². The fourth-order valence-electron chi connectivity index (χ4n) is 0.516. The smallest absolute Gasteiger partial charge is 0.347 e. The normalized spacial score (nSPS) is 10.7. The number of nitrogens with one attached hydrogen (secondary N) is 1. The third-order valence-corrected chi connectivity index (χ3v) is 1.01. The van der Waals surface area contributed by atoms with E-state index in [1.807, 2.05) is 6.92 Å². The van der Waals surface area contributed by atoms with E-state index in [0.29, 0.717) is 0 Å². The predicted octanol–water partition coefficient (Wildman–Crippen LogP) is -0.154. The first-order chi connectivity index (χ1) is 5.22. The highest BCUT2D eigenvalue weighted by molar-refractivity contribution is 5.20. The summed E-state index contributed by atoms with van der Waals surface area (Å²) in [5.74, 6) is 0. The maximum Gasteiger partial charge on any atom is 0.373 e. The summed E-state index contributed by atoms with van der Waals surface area (Å²) in [4.78, 5) is 23.0. The lowest BCUT2D eigenvalue weighted by atomic mass is 10.3. The Hall–Kier alpha value is -1.45. The molecule has 0 aliphatic carbocycles. The molecule has 5 heteroatoms. The molecule has 1 atom stereocenters. The molecule has 3 N–H and O–H groups in total. The van der Waals surface area contributed by atoms with Gasteiger partial charge in [0.1, 0.15) is 0 Å². The highest BCUT2D eigenvalue weighted by Crippen LogP contribution is 2.00. The molecule has 0 aromatic carbocycles. The van der Waals surface area contributed by atoms with Gasteiger partial charge < -0.3 is 10.7 Å². The number of hydrogen-bond donors (Lipinski definition) is 2. The van der Waals surface area contributed by atoms with Crippen LogP contribution in [0.1, 0.15) is 18.7 Å². The van der Waals surface area contributed by atoms with Crippen molar-refractivity contribution in [3.8, 4) is 0 Å². The summed E-state index contributed by atoms with van der Waals surface area (Å²) in [6.07, 6.45) is 3.60. The van der Waals surface area contributed by atoms with Gasteiger partial charge in [-0.05, 0) is 6.92 Å². The second-order valence-corrected chi connectivity index (χ2v) is 1.88. The molecule has 1 rings (SSSR count). The third kappa shape index (κ3) is 4.02. The van der Waals surface area contributed by atoms with Gasteiger partial charge in [-0.25, -0.2) is 4.98 Å².